The molecular weight excluding hydrogens is 220 g/mol. The number of methoxy groups -OCH3 is 3. The first-order valence-electron chi connectivity index (χ1n) is 5.43. The summed E-state index contributed by atoms with van der Waals surface area (Å²) in [6.45, 7) is 0.439. The summed E-state index contributed by atoms with van der Waals surface area (Å²) in [6, 6.07) is 3.69. The molecule has 4 nitrogen and oxygen atoms in total. The van der Waals surface area contributed by atoms with Crippen LogP contribution in [0.3, 0.4) is 0 Å². The van der Waals surface area contributed by atoms with Gasteiger partial charge in [-0.05, 0) is 18.6 Å². The molecule has 0 amide bonds. The van der Waals surface area contributed by atoms with Gasteiger partial charge in [-0.25, -0.2) is 0 Å². The van der Waals surface area contributed by atoms with Gasteiger partial charge in [0.2, 0.25) is 0 Å². The molecule has 0 aliphatic carbocycles. The lowest BCUT2D eigenvalue weighted by atomic mass is 10.0. The summed E-state index contributed by atoms with van der Waals surface area (Å²) >= 11 is 0. The standard InChI is InChI=1S/C13H18O4/c1-15-9-11-10(5-4-8-14)12(16-2)6-7-13(11)17-3/h6-8H,4-5,9H2,1-3H3. The molecule has 17 heavy (non-hydrogen) atoms. The third-order valence-electron chi connectivity index (χ3n) is 2.59. The molecule has 0 saturated carbocycles. The average molecular weight is 238 g/mol. The molecule has 0 spiro atoms. The van der Waals surface area contributed by atoms with Gasteiger partial charge in [-0.2, -0.15) is 0 Å². The fourth-order valence-electron chi connectivity index (χ4n) is 1.81. The SMILES string of the molecule is COCc1c(OC)ccc(OC)c1CCC=O. The Bertz CT molecular complexity index is 374. The van der Waals surface area contributed by atoms with Gasteiger partial charge in [0.05, 0.1) is 20.8 Å². The second-order valence-electron chi connectivity index (χ2n) is 3.57. The molecule has 0 N–H and O–H groups in total. The third-order valence-corrected chi connectivity index (χ3v) is 2.59. The number of hydrogen-bond donors (Lipinski definition) is 0. The van der Waals surface area contributed by atoms with E-state index in [1.807, 2.05) is 12.1 Å². The van der Waals surface area contributed by atoms with Crippen LogP contribution in [0.25, 0.3) is 0 Å². The summed E-state index contributed by atoms with van der Waals surface area (Å²) in [7, 11) is 4.86. The third kappa shape index (κ3) is 3.20. The number of hydrogen-bond acceptors (Lipinski definition) is 4. The molecule has 0 aromatic heterocycles. The molecule has 0 aliphatic rings. The summed E-state index contributed by atoms with van der Waals surface area (Å²) in [5.41, 5.74) is 1.91. The van der Waals surface area contributed by atoms with Crippen molar-refractivity contribution in [3.8, 4) is 11.5 Å². The zero-order chi connectivity index (χ0) is 12.7. The fourth-order valence-corrected chi connectivity index (χ4v) is 1.81. The van der Waals surface area contributed by atoms with Crippen molar-refractivity contribution in [2.45, 2.75) is 19.4 Å². The predicted octanol–water partition coefficient (Wildman–Crippen LogP) is 1.98. The van der Waals surface area contributed by atoms with Gasteiger partial charge in [0.1, 0.15) is 17.8 Å². The van der Waals surface area contributed by atoms with Crippen LogP contribution in [0.1, 0.15) is 17.5 Å². The fraction of sp³-hybridized carbons (Fsp3) is 0.462. The summed E-state index contributed by atoms with van der Waals surface area (Å²) in [5.74, 6) is 1.52. The zero-order valence-corrected chi connectivity index (χ0v) is 10.5. The van der Waals surface area contributed by atoms with Gasteiger partial charge in [0, 0.05) is 24.7 Å². The smallest absolute Gasteiger partial charge is 0.124 e. The van der Waals surface area contributed by atoms with Crippen molar-refractivity contribution in [1.82, 2.24) is 0 Å². The minimum Gasteiger partial charge on any atom is -0.496 e. The molecule has 0 bridgehead atoms. The molecular formula is C13H18O4. The monoisotopic (exact) mass is 238 g/mol. The van der Waals surface area contributed by atoms with Crippen molar-refractivity contribution in [3.63, 3.8) is 0 Å². The Morgan fingerprint density at radius 3 is 2.12 bits per heavy atom. The first kappa shape index (κ1) is 13.5. The van der Waals surface area contributed by atoms with Crippen LogP contribution in [-0.2, 0) is 22.6 Å². The summed E-state index contributed by atoms with van der Waals surface area (Å²) in [5, 5.41) is 0. The average Bonchev–Trinajstić information content (AvgIpc) is 2.37. The van der Waals surface area contributed by atoms with Gasteiger partial charge < -0.3 is 19.0 Å². The molecule has 0 unspecified atom stereocenters. The first-order chi connectivity index (χ1) is 8.28. The summed E-state index contributed by atoms with van der Waals surface area (Å²) < 4.78 is 15.8. The van der Waals surface area contributed by atoms with E-state index in [1.165, 1.54) is 0 Å². The van der Waals surface area contributed by atoms with Crippen LogP contribution in [0, 0.1) is 0 Å². The zero-order valence-electron chi connectivity index (χ0n) is 10.5. The van der Waals surface area contributed by atoms with Crippen LogP contribution in [0.2, 0.25) is 0 Å². The number of carbonyl (C=O) groups is 1. The van der Waals surface area contributed by atoms with Crippen LogP contribution < -0.4 is 9.47 Å². The van der Waals surface area contributed by atoms with E-state index < -0.39 is 0 Å². The molecule has 0 radical (unpaired) electrons. The highest BCUT2D eigenvalue weighted by Crippen LogP contribution is 2.31. The maximum Gasteiger partial charge on any atom is 0.124 e. The first-order valence-corrected chi connectivity index (χ1v) is 5.43. The Labute approximate surface area is 101 Å². The lowest BCUT2D eigenvalue weighted by Gasteiger charge is -2.16. The van der Waals surface area contributed by atoms with E-state index in [4.69, 9.17) is 14.2 Å². The van der Waals surface area contributed by atoms with Crippen LogP contribution in [0.15, 0.2) is 12.1 Å². The van der Waals surface area contributed by atoms with Crippen LogP contribution in [-0.4, -0.2) is 27.6 Å². The van der Waals surface area contributed by atoms with Crippen LogP contribution in [0.5, 0.6) is 11.5 Å². The number of aldehydes is 1. The number of rotatable bonds is 7. The van der Waals surface area contributed by atoms with Crippen molar-refractivity contribution in [2.75, 3.05) is 21.3 Å². The topological polar surface area (TPSA) is 44.8 Å². The summed E-state index contributed by atoms with van der Waals surface area (Å²) in [4.78, 5) is 10.5. The van der Waals surface area contributed by atoms with E-state index in [0.717, 1.165) is 28.9 Å². The highest BCUT2D eigenvalue weighted by Gasteiger charge is 2.14. The molecule has 0 fully saturated rings. The highest BCUT2D eigenvalue weighted by atomic mass is 16.5. The second-order valence-corrected chi connectivity index (χ2v) is 3.57. The van der Waals surface area contributed by atoms with E-state index >= 15 is 0 Å². The largest absolute Gasteiger partial charge is 0.496 e. The van der Waals surface area contributed by atoms with Crippen molar-refractivity contribution < 1.29 is 19.0 Å². The van der Waals surface area contributed by atoms with Crippen molar-refractivity contribution in [3.05, 3.63) is 23.3 Å². The van der Waals surface area contributed by atoms with E-state index in [-0.39, 0.29) is 0 Å². The molecule has 1 rings (SSSR count). The molecule has 1 aromatic carbocycles. The van der Waals surface area contributed by atoms with Gasteiger partial charge in [-0.3, -0.25) is 0 Å². The van der Waals surface area contributed by atoms with Crippen LogP contribution >= 0.6 is 0 Å². The normalized spacial score (nSPS) is 10.1. The van der Waals surface area contributed by atoms with Gasteiger partial charge in [0.15, 0.2) is 0 Å². The van der Waals surface area contributed by atoms with Crippen molar-refractivity contribution in [2.24, 2.45) is 0 Å². The summed E-state index contributed by atoms with van der Waals surface area (Å²) in [6.07, 6.45) is 1.98. The minimum absolute atomic E-state index is 0.439. The Morgan fingerprint density at radius 2 is 1.65 bits per heavy atom. The van der Waals surface area contributed by atoms with E-state index in [2.05, 4.69) is 0 Å². The lowest BCUT2D eigenvalue weighted by molar-refractivity contribution is -0.107. The maximum absolute atomic E-state index is 10.5. The van der Waals surface area contributed by atoms with Crippen molar-refractivity contribution in [1.29, 1.82) is 0 Å². The van der Waals surface area contributed by atoms with E-state index in [1.54, 1.807) is 21.3 Å². The Morgan fingerprint density at radius 1 is 1.06 bits per heavy atom. The molecule has 0 aliphatic heterocycles. The van der Waals surface area contributed by atoms with Crippen molar-refractivity contribution >= 4 is 6.29 Å². The number of carbonyl (C=O) groups excluding carboxylic acids is 1. The molecule has 4 heteroatoms. The van der Waals surface area contributed by atoms with Gasteiger partial charge >= 0.3 is 0 Å². The highest BCUT2D eigenvalue weighted by molar-refractivity contribution is 5.54. The maximum atomic E-state index is 10.5. The van der Waals surface area contributed by atoms with E-state index in [9.17, 15) is 4.79 Å². The molecule has 1 aromatic rings. The molecule has 0 saturated heterocycles. The van der Waals surface area contributed by atoms with Crippen LogP contribution in [0.4, 0.5) is 0 Å². The molecule has 0 heterocycles. The minimum atomic E-state index is 0.439. The quantitative estimate of drug-likeness (QED) is 0.681. The van der Waals surface area contributed by atoms with Gasteiger partial charge in [-0.1, -0.05) is 0 Å². The van der Waals surface area contributed by atoms with Gasteiger partial charge in [0.25, 0.3) is 0 Å². The lowest BCUT2D eigenvalue weighted by Crippen LogP contribution is -2.03. The Balaban J connectivity index is 3.19. The number of ether oxygens (including phenoxy) is 3. The molecule has 0 atom stereocenters. The molecule has 94 valence electrons. The van der Waals surface area contributed by atoms with E-state index in [0.29, 0.717) is 19.4 Å². The number of benzene rings is 1. The Hall–Kier alpha value is -1.55. The predicted molar refractivity (Wildman–Crippen MR) is 64.6 cm³/mol. The van der Waals surface area contributed by atoms with Gasteiger partial charge in [-0.15, -0.1) is 0 Å². The Kier molecular flexibility index (Phi) is 5.49. The second kappa shape index (κ2) is 6.91.